The van der Waals surface area contributed by atoms with Gasteiger partial charge in [-0.15, -0.1) is 10.2 Å². The van der Waals surface area contributed by atoms with Gasteiger partial charge in [0.2, 0.25) is 5.91 Å². The van der Waals surface area contributed by atoms with Crippen LogP contribution in [0.3, 0.4) is 0 Å². The highest BCUT2D eigenvalue weighted by atomic mass is 16.5. The van der Waals surface area contributed by atoms with Crippen molar-refractivity contribution in [3.05, 3.63) is 5.82 Å². The Kier molecular flexibility index (Phi) is 4.80. The number of tetrazole rings is 1. The van der Waals surface area contributed by atoms with Gasteiger partial charge in [0.15, 0.2) is 5.82 Å². The fourth-order valence-corrected chi connectivity index (χ4v) is 2.27. The molecule has 0 radical (unpaired) electrons. The molecular weight excluding hydrogens is 248 g/mol. The van der Waals surface area contributed by atoms with Gasteiger partial charge < -0.3 is 10.1 Å². The highest BCUT2D eigenvalue weighted by molar-refractivity contribution is 5.78. The molecule has 2 heterocycles. The third-order valence-corrected chi connectivity index (χ3v) is 2.92. The van der Waals surface area contributed by atoms with E-state index in [9.17, 15) is 4.79 Å². The maximum absolute atomic E-state index is 11.8. The molecular formula is C11H20N6O2. The molecule has 8 nitrogen and oxygen atoms in total. The molecule has 0 saturated carbocycles. The van der Waals surface area contributed by atoms with E-state index >= 15 is 0 Å². The summed E-state index contributed by atoms with van der Waals surface area (Å²) in [7, 11) is 0. The van der Waals surface area contributed by atoms with Crippen molar-refractivity contribution in [1.82, 2.24) is 30.8 Å². The van der Waals surface area contributed by atoms with E-state index in [1.807, 2.05) is 13.8 Å². The number of carbonyl (C=O) groups is 1. The van der Waals surface area contributed by atoms with Gasteiger partial charge in [0.25, 0.3) is 0 Å². The molecule has 2 rings (SSSR count). The predicted molar refractivity (Wildman–Crippen MR) is 67.3 cm³/mol. The Morgan fingerprint density at radius 3 is 2.84 bits per heavy atom. The van der Waals surface area contributed by atoms with E-state index in [0.717, 1.165) is 13.1 Å². The van der Waals surface area contributed by atoms with Crippen LogP contribution in [0.2, 0.25) is 0 Å². The number of hydrogen-bond acceptors (Lipinski definition) is 6. The standard InChI is InChI=1S/C11H20N6O2/c1-8-5-17(6-9(2)19-8)7-11(18)12-4-3-10-13-15-16-14-10/h8-9H,3-7H2,1-2H3,(H,12,18)(H,13,14,15,16)/t8-,9+. The highest BCUT2D eigenvalue weighted by Gasteiger charge is 2.23. The number of amides is 1. The molecule has 1 aromatic rings. The third kappa shape index (κ3) is 4.56. The summed E-state index contributed by atoms with van der Waals surface area (Å²) in [6.07, 6.45) is 0.935. The lowest BCUT2D eigenvalue weighted by atomic mass is 10.2. The van der Waals surface area contributed by atoms with Gasteiger partial charge in [-0.05, 0) is 13.8 Å². The summed E-state index contributed by atoms with van der Waals surface area (Å²) in [6.45, 7) is 6.57. The minimum absolute atomic E-state index is 0.0183. The summed E-state index contributed by atoms with van der Waals surface area (Å²) in [5.41, 5.74) is 0. The molecule has 8 heteroatoms. The number of aromatic amines is 1. The van der Waals surface area contributed by atoms with E-state index in [4.69, 9.17) is 4.74 Å². The van der Waals surface area contributed by atoms with Gasteiger partial charge >= 0.3 is 0 Å². The lowest BCUT2D eigenvalue weighted by Gasteiger charge is -2.34. The van der Waals surface area contributed by atoms with E-state index in [2.05, 4.69) is 30.8 Å². The van der Waals surface area contributed by atoms with Gasteiger partial charge in [-0.3, -0.25) is 9.69 Å². The van der Waals surface area contributed by atoms with Crippen molar-refractivity contribution in [2.24, 2.45) is 0 Å². The second kappa shape index (κ2) is 6.58. The van der Waals surface area contributed by atoms with Crippen LogP contribution in [0.5, 0.6) is 0 Å². The number of nitrogens with zero attached hydrogens (tertiary/aromatic N) is 4. The van der Waals surface area contributed by atoms with Crippen LogP contribution in [-0.2, 0) is 16.0 Å². The molecule has 1 amide bonds. The molecule has 1 aromatic heterocycles. The second-order valence-electron chi connectivity index (χ2n) is 4.88. The van der Waals surface area contributed by atoms with Crippen LogP contribution >= 0.6 is 0 Å². The van der Waals surface area contributed by atoms with Crippen molar-refractivity contribution in [1.29, 1.82) is 0 Å². The van der Waals surface area contributed by atoms with Crippen molar-refractivity contribution in [2.45, 2.75) is 32.5 Å². The van der Waals surface area contributed by atoms with E-state index in [1.54, 1.807) is 0 Å². The van der Waals surface area contributed by atoms with Gasteiger partial charge in [-0.1, -0.05) is 5.21 Å². The summed E-state index contributed by atoms with van der Waals surface area (Å²) >= 11 is 0. The smallest absolute Gasteiger partial charge is 0.234 e. The Morgan fingerprint density at radius 2 is 2.21 bits per heavy atom. The van der Waals surface area contributed by atoms with E-state index in [-0.39, 0.29) is 18.1 Å². The third-order valence-electron chi connectivity index (χ3n) is 2.92. The zero-order valence-electron chi connectivity index (χ0n) is 11.3. The summed E-state index contributed by atoms with van der Waals surface area (Å²) in [5, 5.41) is 16.3. The van der Waals surface area contributed by atoms with Crippen molar-refractivity contribution < 1.29 is 9.53 Å². The lowest BCUT2D eigenvalue weighted by Crippen LogP contribution is -2.49. The van der Waals surface area contributed by atoms with Crippen LogP contribution in [-0.4, -0.2) is 69.8 Å². The van der Waals surface area contributed by atoms with Gasteiger partial charge in [0.05, 0.1) is 18.8 Å². The van der Waals surface area contributed by atoms with Crippen LogP contribution in [0.1, 0.15) is 19.7 Å². The highest BCUT2D eigenvalue weighted by Crippen LogP contribution is 2.09. The minimum Gasteiger partial charge on any atom is -0.373 e. The molecule has 0 aliphatic carbocycles. The van der Waals surface area contributed by atoms with Gasteiger partial charge in [0.1, 0.15) is 0 Å². The minimum atomic E-state index is 0.0183. The van der Waals surface area contributed by atoms with Crippen molar-refractivity contribution in [3.63, 3.8) is 0 Å². The average Bonchev–Trinajstić information content (AvgIpc) is 2.80. The average molecular weight is 268 g/mol. The first kappa shape index (κ1) is 13.9. The molecule has 1 fully saturated rings. The maximum atomic E-state index is 11.8. The molecule has 1 aliphatic heterocycles. The quantitative estimate of drug-likeness (QED) is 0.708. The van der Waals surface area contributed by atoms with Gasteiger partial charge in [-0.25, -0.2) is 0 Å². The Hall–Kier alpha value is -1.54. The molecule has 2 atom stereocenters. The molecule has 0 spiro atoms. The molecule has 19 heavy (non-hydrogen) atoms. The second-order valence-corrected chi connectivity index (χ2v) is 4.88. The summed E-state index contributed by atoms with van der Waals surface area (Å²) < 4.78 is 5.63. The summed E-state index contributed by atoms with van der Waals surface area (Å²) in [5.74, 6) is 0.624. The number of rotatable bonds is 5. The predicted octanol–water partition coefficient (Wildman–Crippen LogP) is -1.03. The van der Waals surface area contributed by atoms with Crippen molar-refractivity contribution in [2.75, 3.05) is 26.2 Å². The molecule has 1 saturated heterocycles. The zero-order chi connectivity index (χ0) is 13.7. The molecule has 0 aromatic carbocycles. The first-order valence-corrected chi connectivity index (χ1v) is 6.50. The largest absolute Gasteiger partial charge is 0.373 e. The zero-order valence-corrected chi connectivity index (χ0v) is 11.3. The molecule has 2 N–H and O–H groups in total. The monoisotopic (exact) mass is 268 g/mol. The summed E-state index contributed by atoms with van der Waals surface area (Å²) in [6, 6.07) is 0. The van der Waals surface area contributed by atoms with Gasteiger partial charge in [-0.2, -0.15) is 5.21 Å². The fraction of sp³-hybridized carbons (Fsp3) is 0.818. The van der Waals surface area contributed by atoms with Crippen molar-refractivity contribution in [3.8, 4) is 0 Å². The Balaban J connectivity index is 1.66. The molecule has 106 valence electrons. The number of aromatic nitrogens is 4. The topological polar surface area (TPSA) is 96.0 Å². The van der Waals surface area contributed by atoms with Crippen LogP contribution in [0.15, 0.2) is 0 Å². The first-order valence-electron chi connectivity index (χ1n) is 6.50. The van der Waals surface area contributed by atoms with E-state index < -0.39 is 0 Å². The lowest BCUT2D eigenvalue weighted by molar-refractivity contribution is -0.125. The van der Waals surface area contributed by atoms with Crippen LogP contribution in [0.25, 0.3) is 0 Å². The fourth-order valence-electron chi connectivity index (χ4n) is 2.27. The summed E-state index contributed by atoms with van der Waals surface area (Å²) in [4.78, 5) is 13.9. The molecule has 0 bridgehead atoms. The van der Waals surface area contributed by atoms with Crippen LogP contribution in [0, 0.1) is 0 Å². The number of hydrogen-bond donors (Lipinski definition) is 2. The molecule has 0 unspecified atom stereocenters. The first-order chi connectivity index (χ1) is 9.13. The normalized spacial score (nSPS) is 24.3. The van der Waals surface area contributed by atoms with E-state index in [0.29, 0.717) is 25.3 Å². The van der Waals surface area contributed by atoms with Crippen LogP contribution in [0.4, 0.5) is 0 Å². The van der Waals surface area contributed by atoms with Gasteiger partial charge in [0, 0.05) is 26.1 Å². The Labute approximate surface area is 111 Å². The number of H-pyrrole nitrogens is 1. The maximum Gasteiger partial charge on any atom is 0.234 e. The Morgan fingerprint density at radius 1 is 1.47 bits per heavy atom. The molecule has 1 aliphatic rings. The number of carbonyl (C=O) groups excluding carboxylic acids is 1. The SMILES string of the molecule is C[C@@H]1CN(CC(=O)NCCc2nn[nH]n2)C[C@H](C)O1. The van der Waals surface area contributed by atoms with Crippen molar-refractivity contribution >= 4 is 5.91 Å². The number of morpholine rings is 1. The van der Waals surface area contributed by atoms with E-state index in [1.165, 1.54) is 0 Å². The van der Waals surface area contributed by atoms with Crippen LogP contribution < -0.4 is 5.32 Å². The number of ether oxygens (including phenoxy) is 1. The Bertz CT molecular complexity index is 386. The number of nitrogens with one attached hydrogen (secondary N) is 2.